The summed E-state index contributed by atoms with van der Waals surface area (Å²) < 4.78 is 4.76. The van der Waals surface area contributed by atoms with Crippen LogP contribution in [0.5, 0.6) is 0 Å². The lowest BCUT2D eigenvalue weighted by Crippen LogP contribution is -2.19. The van der Waals surface area contributed by atoms with Gasteiger partial charge in [0.2, 0.25) is 0 Å². The van der Waals surface area contributed by atoms with E-state index in [9.17, 15) is 4.79 Å². The molecular weight excluding hydrogens is 166 g/mol. The average Bonchev–Trinajstić information content (AvgIpc) is 2.57. The molecule has 3 heteroatoms. The van der Waals surface area contributed by atoms with Crippen molar-refractivity contribution in [2.24, 2.45) is 0 Å². The molecule has 0 atom stereocenters. The molecule has 0 radical (unpaired) electrons. The summed E-state index contributed by atoms with van der Waals surface area (Å²) in [5.41, 5.74) is 0. The van der Waals surface area contributed by atoms with E-state index in [1.165, 1.54) is 18.9 Å². The minimum absolute atomic E-state index is 0.235. The van der Waals surface area contributed by atoms with E-state index in [-0.39, 0.29) is 5.97 Å². The summed E-state index contributed by atoms with van der Waals surface area (Å²) in [5.74, 6) is -0.235. The number of carbonyl (C=O) groups is 1. The van der Waals surface area contributed by atoms with Crippen molar-refractivity contribution in [1.29, 1.82) is 0 Å². The molecule has 0 aromatic heterocycles. The van der Waals surface area contributed by atoms with Crippen LogP contribution < -0.4 is 0 Å². The lowest BCUT2D eigenvalue weighted by Gasteiger charge is -2.10. The van der Waals surface area contributed by atoms with Gasteiger partial charge in [-0.2, -0.15) is 0 Å². The normalized spacial score (nSPS) is 18.2. The second kappa shape index (κ2) is 5.75. The van der Waals surface area contributed by atoms with Gasteiger partial charge < -0.3 is 4.74 Å². The number of esters is 1. The molecule has 0 amide bonds. The molecule has 0 saturated carbocycles. The van der Waals surface area contributed by atoms with Gasteiger partial charge in [0.1, 0.15) is 0 Å². The highest BCUT2D eigenvalue weighted by atomic mass is 16.5. The van der Waals surface area contributed by atoms with Crippen molar-refractivity contribution in [3.63, 3.8) is 0 Å². The van der Waals surface area contributed by atoms with Gasteiger partial charge in [-0.1, -0.05) is 6.08 Å². The van der Waals surface area contributed by atoms with Crippen molar-refractivity contribution >= 4 is 5.97 Å². The predicted octanol–water partition coefficient (Wildman–Crippen LogP) is 1.20. The molecule has 1 aliphatic heterocycles. The fourth-order valence-electron chi connectivity index (χ4n) is 1.45. The number of carbonyl (C=O) groups excluding carboxylic acids is 1. The SMILES string of the molecule is CCOC(=O)/C=C/CN1CCCC1. The Morgan fingerprint density at radius 3 is 2.77 bits per heavy atom. The molecule has 1 saturated heterocycles. The second-order valence-electron chi connectivity index (χ2n) is 3.16. The van der Waals surface area contributed by atoms with Gasteiger partial charge >= 0.3 is 5.97 Å². The minimum Gasteiger partial charge on any atom is -0.463 e. The van der Waals surface area contributed by atoms with Gasteiger partial charge in [-0.05, 0) is 32.9 Å². The molecule has 13 heavy (non-hydrogen) atoms. The molecule has 0 aliphatic carbocycles. The Morgan fingerprint density at radius 2 is 2.15 bits per heavy atom. The molecule has 74 valence electrons. The van der Waals surface area contributed by atoms with E-state index in [1.54, 1.807) is 0 Å². The molecule has 1 rings (SSSR count). The first kappa shape index (κ1) is 10.3. The molecule has 1 heterocycles. The average molecular weight is 183 g/mol. The monoisotopic (exact) mass is 183 g/mol. The fourth-order valence-corrected chi connectivity index (χ4v) is 1.45. The maximum atomic E-state index is 10.9. The van der Waals surface area contributed by atoms with Crippen molar-refractivity contribution in [1.82, 2.24) is 4.90 Å². The predicted molar refractivity (Wildman–Crippen MR) is 51.4 cm³/mol. The van der Waals surface area contributed by atoms with Crippen LogP contribution in [0.3, 0.4) is 0 Å². The van der Waals surface area contributed by atoms with Crippen LogP contribution in [-0.2, 0) is 9.53 Å². The molecule has 0 bridgehead atoms. The molecule has 0 N–H and O–H groups in total. The third-order valence-corrected chi connectivity index (χ3v) is 2.10. The van der Waals surface area contributed by atoms with E-state index in [1.807, 2.05) is 13.0 Å². The van der Waals surface area contributed by atoms with E-state index in [4.69, 9.17) is 4.74 Å². The lowest BCUT2D eigenvalue weighted by molar-refractivity contribution is -0.137. The Morgan fingerprint density at radius 1 is 1.46 bits per heavy atom. The summed E-state index contributed by atoms with van der Waals surface area (Å²) in [4.78, 5) is 13.2. The van der Waals surface area contributed by atoms with Crippen LogP contribution in [0.15, 0.2) is 12.2 Å². The summed E-state index contributed by atoms with van der Waals surface area (Å²) in [6, 6.07) is 0. The summed E-state index contributed by atoms with van der Waals surface area (Å²) >= 11 is 0. The van der Waals surface area contributed by atoms with E-state index >= 15 is 0 Å². The molecule has 0 aromatic rings. The van der Waals surface area contributed by atoms with Gasteiger partial charge in [0.25, 0.3) is 0 Å². The highest BCUT2D eigenvalue weighted by Crippen LogP contribution is 2.06. The van der Waals surface area contributed by atoms with Gasteiger partial charge in [0.05, 0.1) is 6.61 Å². The number of hydrogen-bond donors (Lipinski definition) is 0. The smallest absolute Gasteiger partial charge is 0.330 e. The highest BCUT2D eigenvalue weighted by molar-refractivity contribution is 5.81. The zero-order valence-corrected chi connectivity index (χ0v) is 8.16. The maximum Gasteiger partial charge on any atom is 0.330 e. The number of ether oxygens (including phenoxy) is 1. The Bertz CT molecular complexity index is 183. The lowest BCUT2D eigenvalue weighted by atomic mass is 10.4. The molecule has 0 aromatic carbocycles. The van der Waals surface area contributed by atoms with Crippen molar-refractivity contribution < 1.29 is 9.53 Å². The first-order chi connectivity index (χ1) is 6.33. The Labute approximate surface area is 79.4 Å². The molecule has 1 fully saturated rings. The van der Waals surface area contributed by atoms with Crippen LogP contribution in [0.25, 0.3) is 0 Å². The standard InChI is InChI=1S/C10H17NO2/c1-2-13-10(12)6-5-9-11-7-3-4-8-11/h5-6H,2-4,7-9H2,1H3/b6-5+. The number of nitrogens with zero attached hydrogens (tertiary/aromatic N) is 1. The van der Waals surface area contributed by atoms with Crippen molar-refractivity contribution in [2.45, 2.75) is 19.8 Å². The zero-order chi connectivity index (χ0) is 9.52. The zero-order valence-electron chi connectivity index (χ0n) is 8.16. The van der Waals surface area contributed by atoms with Crippen LogP contribution in [0.1, 0.15) is 19.8 Å². The highest BCUT2D eigenvalue weighted by Gasteiger charge is 2.08. The van der Waals surface area contributed by atoms with Crippen molar-refractivity contribution in [2.75, 3.05) is 26.2 Å². The first-order valence-electron chi connectivity index (χ1n) is 4.88. The molecular formula is C10H17NO2. The Hall–Kier alpha value is -0.830. The fraction of sp³-hybridized carbons (Fsp3) is 0.700. The Kier molecular flexibility index (Phi) is 4.54. The van der Waals surface area contributed by atoms with Gasteiger partial charge in [0.15, 0.2) is 0 Å². The van der Waals surface area contributed by atoms with E-state index < -0.39 is 0 Å². The van der Waals surface area contributed by atoms with Crippen LogP contribution in [-0.4, -0.2) is 37.1 Å². The quantitative estimate of drug-likeness (QED) is 0.484. The van der Waals surface area contributed by atoms with Crippen molar-refractivity contribution in [3.05, 3.63) is 12.2 Å². The molecule has 1 aliphatic rings. The number of rotatable bonds is 4. The van der Waals surface area contributed by atoms with E-state index in [0.717, 1.165) is 19.6 Å². The van der Waals surface area contributed by atoms with Crippen molar-refractivity contribution in [3.8, 4) is 0 Å². The van der Waals surface area contributed by atoms with Crippen LogP contribution in [0, 0.1) is 0 Å². The van der Waals surface area contributed by atoms with Gasteiger partial charge in [-0.15, -0.1) is 0 Å². The van der Waals surface area contributed by atoms with Crippen LogP contribution in [0.2, 0.25) is 0 Å². The second-order valence-corrected chi connectivity index (χ2v) is 3.16. The summed E-state index contributed by atoms with van der Waals surface area (Å²) in [6.07, 6.45) is 5.96. The summed E-state index contributed by atoms with van der Waals surface area (Å²) in [6.45, 7) is 5.46. The number of hydrogen-bond acceptors (Lipinski definition) is 3. The third kappa shape index (κ3) is 4.08. The third-order valence-electron chi connectivity index (χ3n) is 2.10. The minimum atomic E-state index is -0.235. The van der Waals surface area contributed by atoms with Gasteiger partial charge in [0, 0.05) is 12.6 Å². The van der Waals surface area contributed by atoms with Gasteiger partial charge in [-0.3, -0.25) is 4.90 Å². The largest absolute Gasteiger partial charge is 0.463 e. The number of likely N-dealkylation sites (tertiary alicyclic amines) is 1. The van der Waals surface area contributed by atoms with Crippen LogP contribution >= 0.6 is 0 Å². The van der Waals surface area contributed by atoms with E-state index in [2.05, 4.69) is 4.90 Å². The maximum absolute atomic E-state index is 10.9. The van der Waals surface area contributed by atoms with E-state index in [0.29, 0.717) is 6.61 Å². The topological polar surface area (TPSA) is 29.5 Å². The summed E-state index contributed by atoms with van der Waals surface area (Å²) in [7, 11) is 0. The van der Waals surface area contributed by atoms with Crippen LogP contribution in [0.4, 0.5) is 0 Å². The molecule has 0 unspecified atom stereocenters. The molecule has 0 spiro atoms. The summed E-state index contributed by atoms with van der Waals surface area (Å²) in [5, 5.41) is 0. The Balaban J connectivity index is 2.12. The first-order valence-corrected chi connectivity index (χ1v) is 4.88. The van der Waals surface area contributed by atoms with Gasteiger partial charge in [-0.25, -0.2) is 4.79 Å². The molecule has 3 nitrogen and oxygen atoms in total.